The van der Waals surface area contributed by atoms with Crippen LogP contribution < -0.4 is 14.8 Å². The average Bonchev–Trinajstić information content (AvgIpc) is 3.41. The molecule has 1 aromatic heterocycles. The minimum atomic E-state index is -0.367. The molecule has 1 aliphatic carbocycles. The second-order valence-electron chi connectivity index (χ2n) is 7.30. The van der Waals surface area contributed by atoms with E-state index < -0.39 is 0 Å². The van der Waals surface area contributed by atoms with Crippen LogP contribution in [0.1, 0.15) is 74.1 Å². The third-order valence-corrected chi connectivity index (χ3v) is 5.15. The lowest BCUT2D eigenvalue weighted by Crippen LogP contribution is -2.32. The second-order valence-corrected chi connectivity index (χ2v) is 8.15. The van der Waals surface area contributed by atoms with Crippen molar-refractivity contribution in [2.75, 3.05) is 13.7 Å². The van der Waals surface area contributed by atoms with Gasteiger partial charge in [0.05, 0.1) is 18.2 Å². The zero-order chi connectivity index (χ0) is 20.3. The first kappa shape index (κ1) is 20.6. The van der Waals surface area contributed by atoms with Crippen molar-refractivity contribution in [2.45, 2.75) is 52.0 Å². The smallest absolute Gasteiger partial charge is 0.252 e. The topological polar surface area (TPSA) is 86.5 Å². The predicted octanol–water partition coefficient (Wildman–Crippen LogP) is 4.63. The van der Waals surface area contributed by atoms with Crippen LogP contribution in [0.5, 0.6) is 11.5 Å². The van der Waals surface area contributed by atoms with Gasteiger partial charge in [0, 0.05) is 11.5 Å². The number of amides is 1. The Morgan fingerprint density at radius 3 is 2.75 bits per heavy atom. The summed E-state index contributed by atoms with van der Waals surface area (Å²) in [4.78, 5) is 17.4. The Labute approximate surface area is 173 Å². The number of halogens is 1. The lowest BCUT2D eigenvalue weighted by molar-refractivity contribution is 0.0913. The van der Waals surface area contributed by atoms with E-state index in [4.69, 9.17) is 14.0 Å². The van der Waals surface area contributed by atoms with Gasteiger partial charge in [0.15, 0.2) is 17.3 Å². The quantitative estimate of drug-likeness (QED) is 0.597. The van der Waals surface area contributed by atoms with Gasteiger partial charge >= 0.3 is 0 Å². The number of carbonyl (C=O) groups excluding carboxylic acids is 1. The second kappa shape index (κ2) is 8.94. The number of hydrogen-bond acceptors (Lipinski definition) is 6. The van der Waals surface area contributed by atoms with Gasteiger partial charge in [0.2, 0.25) is 5.89 Å². The van der Waals surface area contributed by atoms with Crippen molar-refractivity contribution in [2.24, 2.45) is 5.92 Å². The van der Waals surface area contributed by atoms with Gasteiger partial charge < -0.3 is 19.3 Å². The first-order chi connectivity index (χ1) is 13.4. The van der Waals surface area contributed by atoms with E-state index >= 15 is 0 Å². The van der Waals surface area contributed by atoms with Crippen LogP contribution in [0, 0.1) is 5.92 Å². The van der Waals surface area contributed by atoms with Crippen LogP contribution in [0.2, 0.25) is 0 Å². The standard InChI is InChI=1S/C20H26BrN3O4/c1-5-8-27-17-14(21)9-13(10-15(17)26-4)19(25)22-16(11(2)3)20-23-18(24-28-20)12-6-7-12/h9-12,16H,5-8H2,1-4H3,(H,22,25). The van der Waals surface area contributed by atoms with Crippen molar-refractivity contribution in [3.05, 3.63) is 33.9 Å². The molecule has 1 aliphatic rings. The third kappa shape index (κ3) is 4.66. The predicted molar refractivity (Wildman–Crippen MR) is 108 cm³/mol. The number of benzene rings is 1. The highest BCUT2D eigenvalue weighted by molar-refractivity contribution is 9.10. The number of rotatable bonds is 9. The lowest BCUT2D eigenvalue weighted by atomic mass is 10.0. The molecule has 0 radical (unpaired) electrons. The molecule has 28 heavy (non-hydrogen) atoms. The van der Waals surface area contributed by atoms with Crippen molar-refractivity contribution in [3.63, 3.8) is 0 Å². The molecule has 1 fully saturated rings. The van der Waals surface area contributed by atoms with Crippen molar-refractivity contribution in [1.29, 1.82) is 0 Å². The highest BCUT2D eigenvalue weighted by atomic mass is 79.9. The van der Waals surface area contributed by atoms with Crippen LogP contribution in [0.15, 0.2) is 21.1 Å². The molecule has 2 aromatic rings. The SMILES string of the molecule is CCCOc1c(Br)cc(C(=O)NC(c2nc(C3CC3)no2)C(C)C)cc1OC. The number of carbonyl (C=O) groups is 1. The van der Waals surface area contributed by atoms with Crippen LogP contribution >= 0.6 is 15.9 Å². The van der Waals surface area contributed by atoms with Crippen LogP contribution in [0.25, 0.3) is 0 Å². The summed E-state index contributed by atoms with van der Waals surface area (Å²) in [7, 11) is 1.55. The molecule has 3 rings (SSSR count). The number of nitrogens with zero attached hydrogens (tertiary/aromatic N) is 2. The highest BCUT2D eigenvalue weighted by Gasteiger charge is 2.32. The van der Waals surface area contributed by atoms with Crippen molar-refractivity contribution in [1.82, 2.24) is 15.5 Å². The molecule has 0 saturated heterocycles. The Morgan fingerprint density at radius 1 is 1.39 bits per heavy atom. The molecule has 1 atom stereocenters. The molecule has 1 saturated carbocycles. The van der Waals surface area contributed by atoms with Gasteiger partial charge in [-0.05, 0) is 53.2 Å². The van der Waals surface area contributed by atoms with E-state index in [9.17, 15) is 4.79 Å². The molecule has 7 nitrogen and oxygen atoms in total. The van der Waals surface area contributed by atoms with Crippen LogP contribution in [-0.4, -0.2) is 29.8 Å². The number of methoxy groups -OCH3 is 1. The van der Waals surface area contributed by atoms with E-state index in [-0.39, 0.29) is 17.9 Å². The number of hydrogen-bond donors (Lipinski definition) is 1. The van der Waals surface area contributed by atoms with Gasteiger partial charge in [-0.3, -0.25) is 4.79 Å². The van der Waals surface area contributed by atoms with E-state index in [1.54, 1.807) is 19.2 Å². The van der Waals surface area contributed by atoms with E-state index in [0.29, 0.717) is 40.0 Å². The summed E-state index contributed by atoms with van der Waals surface area (Å²) >= 11 is 3.48. The van der Waals surface area contributed by atoms with Gasteiger partial charge in [0.1, 0.15) is 6.04 Å². The summed E-state index contributed by atoms with van der Waals surface area (Å²) < 4.78 is 17.2. The highest BCUT2D eigenvalue weighted by Crippen LogP contribution is 2.39. The molecule has 1 N–H and O–H groups in total. The summed E-state index contributed by atoms with van der Waals surface area (Å²) in [5.74, 6) is 2.52. The minimum Gasteiger partial charge on any atom is -0.493 e. The maximum atomic E-state index is 12.9. The Hall–Kier alpha value is -2.09. The normalized spacial score (nSPS) is 14.8. The number of ether oxygens (including phenoxy) is 2. The number of nitrogens with one attached hydrogen (secondary N) is 1. The molecule has 152 valence electrons. The van der Waals surface area contributed by atoms with Crippen LogP contribution in [-0.2, 0) is 0 Å². The van der Waals surface area contributed by atoms with E-state index in [1.165, 1.54) is 0 Å². The average molecular weight is 452 g/mol. The Morgan fingerprint density at radius 2 is 2.14 bits per heavy atom. The maximum absolute atomic E-state index is 12.9. The van der Waals surface area contributed by atoms with E-state index in [0.717, 1.165) is 25.1 Å². The molecule has 1 amide bonds. The van der Waals surface area contributed by atoms with E-state index in [1.807, 2.05) is 20.8 Å². The summed E-state index contributed by atoms with van der Waals surface area (Å²) in [5, 5.41) is 7.07. The van der Waals surface area contributed by atoms with E-state index in [2.05, 4.69) is 31.4 Å². The molecular formula is C20H26BrN3O4. The first-order valence-corrected chi connectivity index (χ1v) is 10.4. The fourth-order valence-electron chi connectivity index (χ4n) is 2.81. The molecule has 1 aromatic carbocycles. The van der Waals surface area contributed by atoms with Gasteiger partial charge in [-0.1, -0.05) is 25.9 Å². The zero-order valence-electron chi connectivity index (χ0n) is 16.6. The number of aromatic nitrogens is 2. The van der Waals surface area contributed by atoms with Crippen molar-refractivity contribution >= 4 is 21.8 Å². The monoisotopic (exact) mass is 451 g/mol. The van der Waals surface area contributed by atoms with Gasteiger partial charge in [-0.15, -0.1) is 0 Å². The molecule has 1 heterocycles. The fraction of sp³-hybridized carbons (Fsp3) is 0.550. The third-order valence-electron chi connectivity index (χ3n) is 4.56. The maximum Gasteiger partial charge on any atom is 0.252 e. The van der Waals surface area contributed by atoms with Crippen molar-refractivity contribution < 1.29 is 18.8 Å². The Balaban J connectivity index is 1.80. The van der Waals surface area contributed by atoms with Crippen LogP contribution in [0.4, 0.5) is 0 Å². The Kier molecular flexibility index (Phi) is 6.59. The zero-order valence-corrected chi connectivity index (χ0v) is 18.2. The minimum absolute atomic E-state index is 0.0916. The van der Waals surface area contributed by atoms with Gasteiger partial charge in [-0.2, -0.15) is 4.98 Å². The van der Waals surface area contributed by atoms with Gasteiger partial charge in [0.25, 0.3) is 5.91 Å². The summed E-state index contributed by atoms with van der Waals surface area (Å²) in [6.45, 7) is 6.60. The largest absolute Gasteiger partial charge is 0.493 e. The lowest BCUT2D eigenvalue weighted by Gasteiger charge is -2.19. The molecular weight excluding hydrogens is 426 g/mol. The molecule has 0 bridgehead atoms. The molecule has 0 spiro atoms. The summed E-state index contributed by atoms with van der Waals surface area (Å²) in [6.07, 6.45) is 3.07. The first-order valence-electron chi connectivity index (χ1n) is 9.59. The molecule has 0 aliphatic heterocycles. The van der Waals surface area contributed by atoms with Gasteiger partial charge in [-0.25, -0.2) is 0 Å². The van der Waals surface area contributed by atoms with Crippen LogP contribution in [0.3, 0.4) is 0 Å². The fourth-order valence-corrected chi connectivity index (χ4v) is 3.37. The van der Waals surface area contributed by atoms with Crippen molar-refractivity contribution in [3.8, 4) is 11.5 Å². The molecule has 8 heteroatoms. The molecule has 1 unspecified atom stereocenters. The summed E-state index contributed by atoms with van der Waals surface area (Å²) in [5.41, 5.74) is 0.458. The Bertz CT molecular complexity index is 833. The summed E-state index contributed by atoms with van der Waals surface area (Å²) in [6, 6.07) is 3.03.